The third kappa shape index (κ3) is 5.92. The van der Waals surface area contributed by atoms with Crippen LogP contribution in [-0.2, 0) is 11.3 Å². The van der Waals surface area contributed by atoms with E-state index in [0.717, 1.165) is 56.4 Å². The monoisotopic (exact) mass is 347 g/mol. The van der Waals surface area contributed by atoms with Crippen LogP contribution in [0.15, 0.2) is 23.2 Å². The van der Waals surface area contributed by atoms with Crippen molar-refractivity contribution in [3.63, 3.8) is 0 Å². The van der Waals surface area contributed by atoms with Crippen LogP contribution in [0.4, 0.5) is 0 Å². The highest BCUT2D eigenvalue weighted by atomic mass is 16.5. The van der Waals surface area contributed by atoms with Crippen LogP contribution < -0.4 is 10.1 Å². The highest BCUT2D eigenvalue weighted by Gasteiger charge is 2.21. The summed E-state index contributed by atoms with van der Waals surface area (Å²) < 4.78 is 11.4. The van der Waals surface area contributed by atoms with Gasteiger partial charge in [-0.15, -0.1) is 0 Å². The van der Waals surface area contributed by atoms with Crippen molar-refractivity contribution in [3.05, 3.63) is 29.3 Å². The molecule has 1 aromatic rings. The first-order valence-electron chi connectivity index (χ1n) is 9.55. The summed E-state index contributed by atoms with van der Waals surface area (Å²) in [5.41, 5.74) is 2.37. The molecule has 140 valence electrons. The number of nitrogens with zero attached hydrogens (tertiary/aromatic N) is 2. The average Bonchev–Trinajstić information content (AvgIpc) is 2.62. The number of guanidine groups is 1. The minimum atomic E-state index is 0.401. The molecule has 0 aromatic heterocycles. The van der Waals surface area contributed by atoms with Crippen LogP contribution in [0, 0.1) is 6.92 Å². The average molecular weight is 348 g/mol. The quantitative estimate of drug-likeness (QED) is 0.607. The Labute approximate surface area is 152 Å². The van der Waals surface area contributed by atoms with Crippen molar-refractivity contribution in [2.24, 2.45) is 4.99 Å². The van der Waals surface area contributed by atoms with E-state index in [0.29, 0.717) is 19.3 Å². The van der Waals surface area contributed by atoms with E-state index in [9.17, 15) is 0 Å². The predicted molar refractivity (Wildman–Crippen MR) is 103 cm³/mol. The second kappa shape index (κ2) is 10.3. The number of aliphatic imine (C=N–C) groups is 1. The van der Waals surface area contributed by atoms with Gasteiger partial charge in [-0.2, -0.15) is 0 Å². The molecule has 0 radical (unpaired) electrons. The minimum absolute atomic E-state index is 0.401. The smallest absolute Gasteiger partial charge is 0.194 e. The molecule has 1 aliphatic heterocycles. The number of rotatable bonds is 7. The predicted octanol–water partition coefficient (Wildman–Crippen LogP) is 3.36. The second-order valence-electron chi connectivity index (χ2n) is 6.34. The fourth-order valence-corrected chi connectivity index (χ4v) is 3.19. The van der Waals surface area contributed by atoms with E-state index in [1.54, 1.807) is 0 Å². The molecule has 1 aromatic carbocycles. The van der Waals surface area contributed by atoms with Gasteiger partial charge in [-0.25, -0.2) is 4.99 Å². The zero-order chi connectivity index (χ0) is 18.1. The normalized spacial score (nSPS) is 16.2. The van der Waals surface area contributed by atoms with Crippen molar-refractivity contribution in [2.45, 2.75) is 53.2 Å². The molecule has 1 N–H and O–H groups in total. The summed E-state index contributed by atoms with van der Waals surface area (Å²) in [7, 11) is 0. The van der Waals surface area contributed by atoms with Gasteiger partial charge in [-0.3, -0.25) is 0 Å². The third-order valence-electron chi connectivity index (χ3n) is 4.43. The molecular weight excluding hydrogens is 314 g/mol. The molecule has 0 unspecified atom stereocenters. The fourth-order valence-electron chi connectivity index (χ4n) is 3.19. The molecule has 0 spiro atoms. The molecular formula is C20H33N3O2. The highest BCUT2D eigenvalue weighted by Crippen LogP contribution is 2.20. The van der Waals surface area contributed by atoms with Gasteiger partial charge in [-0.1, -0.05) is 12.1 Å². The lowest BCUT2D eigenvalue weighted by molar-refractivity contribution is 0.0263. The maximum Gasteiger partial charge on any atom is 0.194 e. The number of nitrogens with one attached hydrogen (secondary N) is 1. The molecule has 0 amide bonds. The molecule has 1 aliphatic rings. The summed E-state index contributed by atoms with van der Waals surface area (Å²) in [6, 6.07) is 6.32. The number of hydrogen-bond acceptors (Lipinski definition) is 3. The van der Waals surface area contributed by atoms with E-state index < -0.39 is 0 Å². The first kappa shape index (κ1) is 19.6. The molecule has 0 aliphatic carbocycles. The molecule has 1 saturated heterocycles. The summed E-state index contributed by atoms with van der Waals surface area (Å²) >= 11 is 0. The molecule has 25 heavy (non-hydrogen) atoms. The first-order chi connectivity index (χ1) is 12.2. The number of piperidine rings is 1. The first-order valence-corrected chi connectivity index (χ1v) is 9.55. The molecule has 0 atom stereocenters. The van der Waals surface area contributed by atoms with Crippen LogP contribution in [0.3, 0.4) is 0 Å². The summed E-state index contributed by atoms with van der Waals surface area (Å²) in [6.07, 6.45) is 2.54. The number of likely N-dealkylation sites (tertiary alicyclic amines) is 1. The Balaban J connectivity index is 1.99. The Morgan fingerprint density at radius 2 is 1.96 bits per heavy atom. The van der Waals surface area contributed by atoms with E-state index >= 15 is 0 Å². The van der Waals surface area contributed by atoms with Gasteiger partial charge < -0.3 is 19.7 Å². The Morgan fingerprint density at radius 1 is 1.20 bits per heavy atom. The SMILES string of the molecule is CCNC(=NCc1ccc(OCC)c(C)c1)N1CCC(OCC)CC1. The van der Waals surface area contributed by atoms with Gasteiger partial charge in [-0.05, 0) is 57.7 Å². The Bertz CT molecular complexity index is 552. The zero-order valence-electron chi connectivity index (χ0n) is 16.2. The summed E-state index contributed by atoms with van der Waals surface area (Å²) in [4.78, 5) is 7.19. The largest absolute Gasteiger partial charge is 0.494 e. The van der Waals surface area contributed by atoms with Crippen LogP contribution in [0.25, 0.3) is 0 Å². The lowest BCUT2D eigenvalue weighted by atomic mass is 10.1. The van der Waals surface area contributed by atoms with Crippen molar-refractivity contribution in [3.8, 4) is 5.75 Å². The number of hydrogen-bond donors (Lipinski definition) is 1. The molecule has 0 saturated carbocycles. The Kier molecular flexibility index (Phi) is 8.06. The Hall–Kier alpha value is -1.75. The third-order valence-corrected chi connectivity index (χ3v) is 4.43. The van der Waals surface area contributed by atoms with E-state index in [1.165, 1.54) is 5.56 Å². The standard InChI is InChI=1S/C20H33N3O2/c1-5-21-20(23-12-10-18(11-13-23)24-6-2)22-15-17-8-9-19(25-7-3)16(4)14-17/h8-9,14,18H,5-7,10-13,15H2,1-4H3,(H,21,22). The second-order valence-corrected chi connectivity index (χ2v) is 6.34. The van der Waals surface area contributed by atoms with Crippen LogP contribution in [0.1, 0.15) is 44.7 Å². The van der Waals surface area contributed by atoms with Gasteiger partial charge in [0.15, 0.2) is 5.96 Å². The van der Waals surface area contributed by atoms with Gasteiger partial charge in [0.25, 0.3) is 0 Å². The van der Waals surface area contributed by atoms with E-state index in [2.05, 4.69) is 43.1 Å². The molecule has 1 fully saturated rings. The molecule has 5 heteroatoms. The van der Waals surface area contributed by atoms with Gasteiger partial charge in [0, 0.05) is 26.2 Å². The van der Waals surface area contributed by atoms with Crippen molar-refractivity contribution in [2.75, 3.05) is 32.8 Å². The van der Waals surface area contributed by atoms with Gasteiger partial charge in [0.05, 0.1) is 19.3 Å². The van der Waals surface area contributed by atoms with Crippen LogP contribution in [-0.4, -0.2) is 49.8 Å². The number of benzene rings is 1. The van der Waals surface area contributed by atoms with Gasteiger partial charge >= 0.3 is 0 Å². The number of aryl methyl sites for hydroxylation is 1. The minimum Gasteiger partial charge on any atom is -0.494 e. The van der Waals surface area contributed by atoms with E-state index in [4.69, 9.17) is 14.5 Å². The maximum atomic E-state index is 5.75. The number of ether oxygens (including phenoxy) is 2. The van der Waals surface area contributed by atoms with Crippen molar-refractivity contribution in [1.29, 1.82) is 0 Å². The van der Waals surface area contributed by atoms with Crippen LogP contribution in [0.2, 0.25) is 0 Å². The highest BCUT2D eigenvalue weighted by molar-refractivity contribution is 5.80. The van der Waals surface area contributed by atoms with E-state index in [-0.39, 0.29) is 0 Å². The molecule has 2 rings (SSSR count). The van der Waals surface area contributed by atoms with Gasteiger partial charge in [0.2, 0.25) is 0 Å². The molecule has 1 heterocycles. The van der Waals surface area contributed by atoms with Crippen molar-refractivity contribution in [1.82, 2.24) is 10.2 Å². The topological polar surface area (TPSA) is 46.1 Å². The van der Waals surface area contributed by atoms with Crippen molar-refractivity contribution >= 4 is 5.96 Å². The van der Waals surface area contributed by atoms with Crippen LogP contribution in [0.5, 0.6) is 5.75 Å². The molecule has 0 bridgehead atoms. The summed E-state index contributed by atoms with van der Waals surface area (Å²) in [5.74, 6) is 1.96. The summed E-state index contributed by atoms with van der Waals surface area (Å²) in [5, 5.41) is 3.43. The van der Waals surface area contributed by atoms with Crippen molar-refractivity contribution < 1.29 is 9.47 Å². The van der Waals surface area contributed by atoms with Crippen LogP contribution >= 0.6 is 0 Å². The zero-order valence-corrected chi connectivity index (χ0v) is 16.2. The fraction of sp³-hybridized carbons (Fsp3) is 0.650. The maximum absolute atomic E-state index is 5.75. The summed E-state index contributed by atoms with van der Waals surface area (Å²) in [6.45, 7) is 13.3. The Morgan fingerprint density at radius 3 is 2.56 bits per heavy atom. The van der Waals surface area contributed by atoms with E-state index in [1.807, 2.05) is 13.0 Å². The molecule has 5 nitrogen and oxygen atoms in total. The lowest BCUT2D eigenvalue weighted by Gasteiger charge is -2.34. The van der Waals surface area contributed by atoms with Gasteiger partial charge in [0.1, 0.15) is 5.75 Å². The lowest BCUT2D eigenvalue weighted by Crippen LogP contribution is -2.47.